The highest BCUT2D eigenvalue weighted by Crippen LogP contribution is 2.40. The number of fused-ring (bicyclic) bond motifs is 1. The summed E-state index contributed by atoms with van der Waals surface area (Å²) < 4.78 is 48.3. The van der Waals surface area contributed by atoms with Gasteiger partial charge in [0.05, 0.1) is 17.6 Å². The molecule has 1 aromatic heterocycles. The van der Waals surface area contributed by atoms with Crippen molar-refractivity contribution in [3.63, 3.8) is 0 Å². The molecule has 1 aliphatic rings. The molecular weight excluding hydrogens is 611 g/mol. The first-order chi connectivity index (χ1) is 21.1. The molecule has 5 rings (SSSR count). The number of aliphatic hydroxyl groups excluding tert-OH is 2. The Morgan fingerprint density at radius 1 is 0.911 bits per heavy atom. The number of para-hydroxylation sites is 2. The van der Waals surface area contributed by atoms with Crippen molar-refractivity contribution in [3.05, 3.63) is 90.8 Å². The average Bonchev–Trinajstić information content (AvgIpc) is 3.55. The van der Waals surface area contributed by atoms with E-state index in [1.165, 1.54) is 14.1 Å². The van der Waals surface area contributed by atoms with Crippen LogP contribution in [0.1, 0.15) is 46.5 Å². The molecule has 2 N–H and O–H groups in total. The standard InChI is InChI=1S/C33H43N3O7SSi/c1-32(2,3)45(23-16-10-8-11-17-23,24-18-12-9-13-19-24)41-22-27(37)29-30(43-33(4,5)42-29)28(38)31-34-25-20-14-15-21-26(25)36(31)44(39,40)35(6)7/h8-21,27-30,37-38H,22H2,1-7H3/t27-,28-,29-,30+/m1/s1. The number of hydrogen-bond donors (Lipinski definition) is 2. The largest absolute Gasteiger partial charge is 0.405 e. The van der Waals surface area contributed by atoms with Crippen molar-refractivity contribution < 1.29 is 32.5 Å². The number of nitrogens with zero attached hydrogens (tertiary/aromatic N) is 3. The van der Waals surface area contributed by atoms with Crippen LogP contribution in [0.3, 0.4) is 0 Å². The summed E-state index contributed by atoms with van der Waals surface area (Å²) in [6.45, 7) is 9.68. The van der Waals surface area contributed by atoms with E-state index in [9.17, 15) is 18.6 Å². The Hall–Kier alpha value is -2.94. The Morgan fingerprint density at radius 3 is 1.96 bits per heavy atom. The van der Waals surface area contributed by atoms with E-state index in [1.54, 1.807) is 38.1 Å². The van der Waals surface area contributed by atoms with Crippen molar-refractivity contribution in [2.45, 2.75) is 69.9 Å². The number of aromatic nitrogens is 2. The van der Waals surface area contributed by atoms with Gasteiger partial charge in [0.2, 0.25) is 0 Å². The second-order valence-electron chi connectivity index (χ2n) is 13.1. The molecule has 0 amide bonds. The van der Waals surface area contributed by atoms with Gasteiger partial charge in [0.25, 0.3) is 8.32 Å². The SMILES string of the molecule is CN(C)S(=O)(=O)n1c([C@H](O)[C@@H]2OC(C)(C)O[C@@H]2[C@H](O)CO[Si](c2ccccc2)(c2ccccc2)C(C)(C)C)nc2ccccc21. The number of rotatable bonds is 10. The summed E-state index contributed by atoms with van der Waals surface area (Å²) in [5.41, 5.74) is 0.702. The van der Waals surface area contributed by atoms with Crippen molar-refractivity contribution in [1.29, 1.82) is 0 Å². The fraction of sp³-hybridized carbons (Fsp3) is 0.424. The Kier molecular flexibility index (Phi) is 9.17. The van der Waals surface area contributed by atoms with E-state index >= 15 is 0 Å². The predicted octanol–water partition coefficient (Wildman–Crippen LogP) is 3.18. The van der Waals surface area contributed by atoms with E-state index in [0.717, 1.165) is 18.7 Å². The van der Waals surface area contributed by atoms with Crippen molar-refractivity contribution in [1.82, 2.24) is 13.3 Å². The lowest BCUT2D eigenvalue weighted by atomic mass is 10.0. The molecule has 0 radical (unpaired) electrons. The van der Waals surface area contributed by atoms with Crippen molar-refractivity contribution in [3.8, 4) is 0 Å². The van der Waals surface area contributed by atoms with Crippen LogP contribution in [0, 0.1) is 0 Å². The van der Waals surface area contributed by atoms with Gasteiger partial charge < -0.3 is 24.1 Å². The van der Waals surface area contributed by atoms with Gasteiger partial charge in [0, 0.05) is 14.1 Å². The van der Waals surface area contributed by atoms with Gasteiger partial charge >= 0.3 is 10.2 Å². The van der Waals surface area contributed by atoms with Crippen LogP contribution in [-0.2, 0) is 24.1 Å². The second kappa shape index (κ2) is 12.3. The molecule has 0 aliphatic carbocycles. The molecule has 1 fully saturated rings. The Morgan fingerprint density at radius 2 is 1.42 bits per heavy atom. The highest BCUT2D eigenvalue weighted by molar-refractivity contribution is 7.87. The van der Waals surface area contributed by atoms with Crippen molar-refractivity contribution in [2.75, 3.05) is 20.7 Å². The third kappa shape index (κ3) is 6.13. The van der Waals surface area contributed by atoms with Gasteiger partial charge in [-0.3, -0.25) is 0 Å². The summed E-state index contributed by atoms with van der Waals surface area (Å²) in [4.78, 5) is 4.51. The van der Waals surface area contributed by atoms with Crippen LogP contribution in [0.25, 0.3) is 11.0 Å². The summed E-state index contributed by atoms with van der Waals surface area (Å²) in [6, 6.07) is 26.9. The fourth-order valence-electron chi connectivity index (χ4n) is 6.19. The summed E-state index contributed by atoms with van der Waals surface area (Å²) in [6.07, 6.45) is -5.04. The van der Waals surface area contributed by atoms with Gasteiger partial charge in [-0.05, 0) is 41.4 Å². The molecule has 12 heteroatoms. The number of ether oxygens (including phenoxy) is 2. The van der Waals surface area contributed by atoms with Crippen LogP contribution >= 0.6 is 0 Å². The maximum Gasteiger partial charge on any atom is 0.309 e. The average molecular weight is 654 g/mol. The molecule has 10 nitrogen and oxygen atoms in total. The summed E-state index contributed by atoms with van der Waals surface area (Å²) >= 11 is 0. The van der Waals surface area contributed by atoms with Crippen LogP contribution < -0.4 is 10.4 Å². The third-order valence-electron chi connectivity index (χ3n) is 8.24. The van der Waals surface area contributed by atoms with Gasteiger partial charge in [0.15, 0.2) is 11.6 Å². The Balaban J connectivity index is 1.53. The van der Waals surface area contributed by atoms with E-state index in [1.807, 2.05) is 36.4 Å². The first-order valence-electron chi connectivity index (χ1n) is 15.0. The van der Waals surface area contributed by atoms with Gasteiger partial charge in [-0.15, -0.1) is 0 Å². The lowest BCUT2D eigenvalue weighted by Crippen LogP contribution is -2.67. The van der Waals surface area contributed by atoms with Gasteiger partial charge in [-0.25, -0.2) is 8.96 Å². The maximum atomic E-state index is 13.5. The van der Waals surface area contributed by atoms with Crippen LogP contribution in [0.4, 0.5) is 0 Å². The molecule has 0 saturated carbocycles. The monoisotopic (exact) mass is 653 g/mol. The van der Waals surface area contributed by atoms with E-state index in [-0.39, 0.29) is 17.5 Å². The van der Waals surface area contributed by atoms with Crippen LogP contribution in [0.2, 0.25) is 5.04 Å². The molecule has 0 unspecified atom stereocenters. The van der Waals surface area contributed by atoms with Gasteiger partial charge in [0.1, 0.15) is 24.4 Å². The third-order valence-corrected chi connectivity index (χ3v) is 15.0. The zero-order valence-corrected chi connectivity index (χ0v) is 28.6. The van der Waals surface area contributed by atoms with Gasteiger partial charge in [-0.1, -0.05) is 93.6 Å². The van der Waals surface area contributed by atoms with Crippen LogP contribution in [0.5, 0.6) is 0 Å². The Bertz CT molecular complexity index is 1680. The van der Waals surface area contributed by atoms with Crippen molar-refractivity contribution in [2.24, 2.45) is 0 Å². The van der Waals surface area contributed by atoms with E-state index in [0.29, 0.717) is 11.0 Å². The quantitative estimate of drug-likeness (QED) is 0.250. The minimum absolute atomic E-state index is 0.118. The summed E-state index contributed by atoms with van der Waals surface area (Å²) in [7, 11) is -4.27. The number of aliphatic hydroxyl groups is 2. The normalized spacial score (nSPS) is 20.5. The predicted molar refractivity (Wildman–Crippen MR) is 176 cm³/mol. The molecule has 3 aromatic carbocycles. The lowest BCUT2D eigenvalue weighted by molar-refractivity contribution is -0.162. The molecule has 0 bridgehead atoms. The van der Waals surface area contributed by atoms with Crippen molar-refractivity contribution >= 4 is 39.9 Å². The first-order valence-corrected chi connectivity index (χ1v) is 18.3. The Labute approximate surface area is 266 Å². The fourth-order valence-corrected chi connectivity index (χ4v) is 11.9. The first kappa shape index (κ1) is 33.4. The molecule has 45 heavy (non-hydrogen) atoms. The number of hydrogen-bond acceptors (Lipinski definition) is 8. The van der Waals surface area contributed by atoms with E-state index in [2.05, 4.69) is 50.0 Å². The zero-order chi connectivity index (χ0) is 32.8. The van der Waals surface area contributed by atoms with Crippen LogP contribution in [0.15, 0.2) is 84.9 Å². The molecule has 242 valence electrons. The summed E-state index contributed by atoms with van der Waals surface area (Å²) in [5, 5.41) is 25.3. The zero-order valence-electron chi connectivity index (χ0n) is 26.8. The minimum Gasteiger partial charge on any atom is -0.405 e. The highest BCUT2D eigenvalue weighted by atomic mass is 32.2. The number of imidazole rings is 1. The molecular formula is C33H43N3O7SSi. The highest BCUT2D eigenvalue weighted by Gasteiger charge is 2.53. The topological polar surface area (TPSA) is 123 Å². The van der Waals surface area contributed by atoms with E-state index in [4.69, 9.17) is 13.9 Å². The molecule has 4 atom stereocenters. The number of benzene rings is 3. The molecule has 2 heterocycles. The molecule has 4 aromatic rings. The molecule has 0 spiro atoms. The smallest absolute Gasteiger partial charge is 0.309 e. The molecule has 1 saturated heterocycles. The van der Waals surface area contributed by atoms with Crippen LogP contribution in [-0.4, -0.2) is 85.0 Å². The molecule has 1 aliphatic heterocycles. The maximum absolute atomic E-state index is 13.5. The lowest BCUT2D eigenvalue weighted by Gasteiger charge is -2.43. The van der Waals surface area contributed by atoms with Gasteiger partial charge in [-0.2, -0.15) is 12.7 Å². The van der Waals surface area contributed by atoms with E-state index < -0.39 is 48.7 Å². The minimum atomic E-state index is -4.09. The summed E-state index contributed by atoms with van der Waals surface area (Å²) in [5.74, 6) is -1.33. The second-order valence-corrected chi connectivity index (χ2v) is 19.4.